The molecule has 0 N–H and O–H groups in total. The van der Waals surface area contributed by atoms with Crippen LogP contribution in [0, 0.1) is 0 Å². The van der Waals surface area contributed by atoms with Crippen LogP contribution in [0.5, 0.6) is 11.5 Å². The van der Waals surface area contributed by atoms with Gasteiger partial charge in [-0.05, 0) is 36.6 Å². The Kier molecular flexibility index (Phi) is 3.83. The number of methoxy groups -OCH3 is 2. The fraction of sp³-hybridized carbons (Fsp3) is 0.600. The van der Waals surface area contributed by atoms with Crippen molar-refractivity contribution in [2.45, 2.75) is 32.1 Å². The van der Waals surface area contributed by atoms with Crippen LogP contribution in [0.15, 0.2) is 12.1 Å². The van der Waals surface area contributed by atoms with Crippen molar-refractivity contribution in [2.24, 2.45) is 0 Å². The molecule has 5 nitrogen and oxygen atoms in total. The van der Waals surface area contributed by atoms with Gasteiger partial charge in [0.15, 0.2) is 17.8 Å². The topological polar surface area (TPSA) is 40.2 Å². The molecule has 2 aliphatic rings. The molecule has 2 atom stereocenters. The zero-order valence-corrected chi connectivity index (χ0v) is 12.2. The molecule has 2 heterocycles. The van der Waals surface area contributed by atoms with E-state index in [2.05, 4.69) is 12.1 Å². The molecule has 0 aliphatic carbocycles. The van der Waals surface area contributed by atoms with Gasteiger partial charge in [-0.25, -0.2) is 0 Å². The molecule has 0 spiro atoms. The fourth-order valence-electron chi connectivity index (χ4n) is 3.04. The van der Waals surface area contributed by atoms with Crippen molar-refractivity contribution in [1.29, 1.82) is 0 Å². The molecule has 1 saturated heterocycles. The number of hydrogen-bond acceptors (Lipinski definition) is 5. The maximum absolute atomic E-state index is 5.83. The van der Waals surface area contributed by atoms with Crippen LogP contribution >= 0.6 is 0 Å². The van der Waals surface area contributed by atoms with Crippen LogP contribution in [0.4, 0.5) is 0 Å². The lowest BCUT2D eigenvalue weighted by Crippen LogP contribution is -2.30. The number of nitrogens with zero attached hydrogens (tertiary/aromatic N) is 1. The minimum Gasteiger partial charge on any atom is -0.493 e. The Morgan fingerprint density at radius 3 is 2.70 bits per heavy atom. The monoisotopic (exact) mass is 279 g/mol. The van der Waals surface area contributed by atoms with Crippen molar-refractivity contribution < 1.29 is 19.0 Å². The third kappa shape index (κ3) is 2.26. The largest absolute Gasteiger partial charge is 0.493 e. The zero-order valence-electron chi connectivity index (χ0n) is 12.2. The van der Waals surface area contributed by atoms with E-state index in [0.29, 0.717) is 6.61 Å². The van der Waals surface area contributed by atoms with E-state index < -0.39 is 0 Å². The minimum absolute atomic E-state index is 0.135. The summed E-state index contributed by atoms with van der Waals surface area (Å²) in [5, 5.41) is 2.04. The van der Waals surface area contributed by atoms with Gasteiger partial charge in [0, 0.05) is 19.6 Å². The van der Waals surface area contributed by atoms with Gasteiger partial charge < -0.3 is 14.2 Å². The molecule has 1 fully saturated rings. The summed E-state index contributed by atoms with van der Waals surface area (Å²) in [7, 11) is 3.34. The van der Waals surface area contributed by atoms with E-state index in [1.54, 1.807) is 14.2 Å². The molecule has 0 radical (unpaired) electrons. The first-order valence-corrected chi connectivity index (χ1v) is 7.06. The van der Waals surface area contributed by atoms with Gasteiger partial charge in [-0.2, -0.15) is 5.06 Å². The predicted molar refractivity (Wildman–Crippen MR) is 73.8 cm³/mol. The minimum atomic E-state index is -0.135. The average molecular weight is 279 g/mol. The molecular weight excluding hydrogens is 258 g/mol. The van der Waals surface area contributed by atoms with Crippen LogP contribution in [-0.2, 0) is 16.0 Å². The Bertz CT molecular complexity index is 491. The summed E-state index contributed by atoms with van der Waals surface area (Å²) in [5.41, 5.74) is 2.57. The Morgan fingerprint density at radius 2 is 2.00 bits per heavy atom. The smallest absolute Gasteiger partial charge is 0.179 e. The lowest BCUT2D eigenvalue weighted by Gasteiger charge is -2.30. The van der Waals surface area contributed by atoms with Gasteiger partial charge >= 0.3 is 0 Å². The summed E-state index contributed by atoms with van der Waals surface area (Å²) in [4.78, 5) is 5.83. The van der Waals surface area contributed by atoms with Gasteiger partial charge in [0.2, 0.25) is 0 Å². The SMILES string of the molecule is CCO[C@@H]1C[C@H]2c3cc(OC)c(OC)cc3CCN2O1. The first-order valence-electron chi connectivity index (χ1n) is 7.06. The second-order valence-electron chi connectivity index (χ2n) is 5.04. The summed E-state index contributed by atoms with van der Waals surface area (Å²) < 4.78 is 16.4. The summed E-state index contributed by atoms with van der Waals surface area (Å²) in [5.74, 6) is 1.56. The van der Waals surface area contributed by atoms with E-state index in [1.165, 1.54) is 11.1 Å². The Labute approximate surface area is 119 Å². The normalized spacial score (nSPS) is 25.1. The van der Waals surface area contributed by atoms with Gasteiger partial charge in [-0.3, -0.25) is 4.84 Å². The lowest BCUT2D eigenvalue weighted by atomic mass is 9.92. The molecule has 1 aromatic carbocycles. The number of hydroxylamine groups is 2. The van der Waals surface area contributed by atoms with Crippen LogP contribution < -0.4 is 9.47 Å². The van der Waals surface area contributed by atoms with E-state index in [9.17, 15) is 0 Å². The lowest BCUT2D eigenvalue weighted by molar-refractivity contribution is -0.240. The maximum atomic E-state index is 5.83. The highest BCUT2D eigenvalue weighted by Crippen LogP contribution is 2.43. The molecule has 0 bridgehead atoms. The highest BCUT2D eigenvalue weighted by molar-refractivity contribution is 5.49. The molecule has 0 aromatic heterocycles. The summed E-state index contributed by atoms with van der Waals surface area (Å²) in [6, 6.07) is 4.40. The molecule has 20 heavy (non-hydrogen) atoms. The molecule has 2 aliphatic heterocycles. The second kappa shape index (κ2) is 5.60. The van der Waals surface area contributed by atoms with Gasteiger partial charge in [0.05, 0.1) is 20.3 Å². The van der Waals surface area contributed by atoms with E-state index in [-0.39, 0.29) is 12.3 Å². The maximum Gasteiger partial charge on any atom is 0.179 e. The number of fused-ring (bicyclic) bond motifs is 3. The van der Waals surface area contributed by atoms with Gasteiger partial charge in [0.25, 0.3) is 0 Å². The molecular formula is C15H21NO4. The van der Waals surface area contributed by atoms with Crippen molar-refractivity contribution in [1.82, 2.24) is 5.06 Å². The summed E-state index contributed by atoms with van der Waals surface area (Å²) in [6.45, 7) is 3.54. The third-order valence-corrected chi connectivity index (χ3v) is 3.97. The van der Waals surface area contributed by atoms with E-state index in [4.69, 9.17) is 19.0 Å². The van der Waals surface area contributed by atoms with Crippen molar-refractivity contribution in [3.05, 3.63) is 23.3 Å². The van der Waals surface area contributed by atoms with Crippen molar-refractivity contribution in [3.8, 4) is 11.5 Å². The molecule has 0 saturated carbocycles. The third-order valence-electron chi connectivity index (χ3n) is 3.97. The molecule has 3 rings (SSSR count). The van der Waals surface area contributed by atoms with Crippen molar-refractivity contribution >= 4 is 0 Å². The zero-order chi connectivity index (χ0) is 14.1. The van der Waals surface area contributed by atoms with Gasteiger partial charge in [-0.1, -0.05) is 0 Å². The van der Waals surface area contributed by atoms with Crippen LogP contribution in [-0.4, -0.2) is 38.7 Å². The van der Waals surface area contributed by atoms with Gasteiger partial charge in [-0.15, -0.1) is 0 Å². The first kappa shape index (κ1) is 13.7. The van der Waals surface area contributed by atoms with Crippen LogP contribution in [0.1, 0.15) is 30.5 Å². The molecule has 110 valence electrons. The Morgan fingerprint density at radius 1 is 1.25 bits per heavy atom. The predicted octanol–water partition coefficient (Wildman–Crippen LogP) is 2.30. The highest BCUT2D eigenvalue weighted by atomic mass is 16.8. The number of rotatable bonds is 4. The van der Waals surface area contributed by atoms with E-state index in [1.807, 2.05) is 12.0 Å². The van der Waals surface area contributed by atoms with Crippen molar-refractivity contribution in [3.63, 3.8) is 0 Å². The van der Waals surface area contributed by atoms with Gasteiger partial charge in [0.1, 0.15) is 0 Å². The first-order chi connectivity index (χ1) is 9.76. The standard InChI is InChI=1S/C15H21NO4/c1-4-19-15-9-12-11-8-14(18-3)13(17-2)7-10(11)5-6-16(12)20-15/h7-8,12,15H,4-6,9H2,1-3H3/t12-,15-/m0/s1. The highest BCUT2D eigenvalue weighted by Gasteiger charge is 2.39. The van der Waals surface area contributed by atoms with Crippen LogP contribution in [0.3, 0.4) is 0 Å². The number of ether oxygens (including phenoxy) is 3. The van der Waals surface area contributed by atoms with Crippen molar-refractivity contribution in [2.75, 3.05) is 27.4 Å². The molecule has 5 heteroatoms. The molecule has 1 aromatic rings. The summed E-state index contributed by atoms with van der Waals surface area (Å²) in [6.07, 6.45) is 1.67. The summed E-state index contributed by atoms with van der Waals surface area (Å²) >= 11 is 0. The number of benzene rings is 1. The average Bonchev–Trinajstić information content (AvgIpc) is 2.89. The fourth-order valence-corrected chi connectivity index (χ4v) is 3.04. The molecule has 0 amide bonds. The second-order valence-corrected chi connectivity index (χ2v) is 5.04. The van der Waals surface area contributed by atoms with Crippen LogP contribution in [0.25, 0.3) is 0 Å². The van der Waals surface area contributed by atoms with E-state index >= 15 is 0 Å². The quantitative estimate of drug-likeness (QED) is 0.846. The Hall–Kier alpha value is -1.30. The van der Waals surface area contributed by atoms with E-state index in [0.717, 1.165) is 30.9 Å². The Balaban J connectivity index is 1.92. The number of hydrogen-bond donors (Lipinski definition) is 0. The van der Waals surface area contributed by atoms with Crippen LogP contribution in [0.2, 0.25) is 0 Å². The molecule has 0 unspecified atom stereocenters.